The number of hydrogen-bond donors (Lipinski definition) is 4. The molecule has 8 heteroatoms. The van der Waals surface area contributed by atoms with Crippen molar-refractivity contribution in [1.82, 2.24) is 20.5 Å². The number of rotatable bonds is 9. The van der Waals surface area contributed by atoms with Crippen molar-refractivity contribution in [3.8, 4) is 11.5 Å². The van der Waals surface area contributed by atoms with E-state index in [4.69, 9.17) is 14.6 Å². The summed E-state index contributed by atoms with van der Waals surface area (Å²) >= 11 is 0. The van der Waals surface area contributed by atoms with Gasteiger partial charge in [0.1, 0.15) is 6.61 Å². The van der Waals surface area contributed by atoms with Crippen LogP contribution in [0.1, 0.15) is 0 Å². The summed E-state index contributed by atoms with van der Waals surface area (Å²) in [6.45, 7) is 1.74. The van der Waals surface area contributed by atoms with Crippen LogP contribution in [0.25, 0.3) is 21.8 Å². The summed E-state index contributed by atoms with van der Waals surface area (Å²) in [5.74, 6) is 1.27. The lowest BCUT2D eigenvalue weighted by molar-refractivity contribution is 0.269. The summed E-state index contributed by atoms with van der Waals surface area (Å²) in [5.41, 5.74) is 3.64. The third-order valence-corrected chi connectivity index (χ3v) is 4.57. The fraction of sp³-hybridized carbons (Fsp3) is 0.238. The Balaban J connectivity index is 1.59. The Kier molecular flexibility index (Phi) is 5.73. The molecule has 150 valence electrons. The molecule has 0 saturated carbocycles. The van der Waals surface area contributed by atoms with Gasteiger partial charge in [0, 0.05) is 47.5 Å². The highest BCUT2D eigenvalue weighted by atomic mass is 16.5. The van der Waals surface area contributed by atoms with E-state index < -0.39 is 0 Å². The average molecular weight is 393 g/mol. The van der Waals surface area contributed by atoms with Gasteiger partial charge in [0.15, 0.2) is 11.5 Å². The van der Waals surface area contributed by atoms with E-state index in [0.717, 1.165) is 33.2 Å². The second-order valence-electron chi connectivity index (χ2n) is 6.50. The highest BCUT2D eigenvalue weighted by Crippen LogP contribution is 2.35. The Morgan fingerprint density at radius 1 is 1.10 bits per heavy atom. The average Bonchev–Trinajstić information content (AvgIpc) is 3.21. The molecule has 0 atom stereocenters. The first kappa shape index (κ1) is 19.0. The normalized spacial score (nSPS) is 11.1. The number of nitrogens with zero attached hydrogens (tertiary/aromatic N) is 2. The number of hydrogen-bond acceptors (Lipinski definition) is 7. The first-order valence-corrected chi connectivity index (χ1v) is 9.40. The zero-order valence-electron chi connectivity index (χ0n) is 16.1. The minimum atomic E-state index is 0.103. The van der Waals surface area contributed by atoms with Gasteiger partial charge in [-0.2, -0.15) is 5.10 Å². The van der Waals surface area contributed by atoms with Gasteiger partial charge in [-0.05, 0) is 30.3 Å². The summed E-state index contributed by atoms with van der Waals surface area (Å²) in [6.07, 6.45) is 3.56. The van der Waals surface area contributed by atoms with E-state index in [1.165, 1.54) is 0 Å². The zero-order valence-corrected chi connectivity index (χ0v) is 16.1. The molecule has 0 amide bonds. The van der Waals surface area contributed by atoms with Gasteiger partial charge in [0.05, 0.1) is 30.9 Å². The van der Waals surface area contributed by atoms with Crippen LogP contribution in [0.5, 0.6) is 11.5 Å². The van der Waals surface area contributed by atoms with E-state index in [2.05, 4.69) is 25.8 Å². The van der Waals surface area contributed by atoms with E-state index in [0.29, 0.717) is 31.2 Å². The standard InChI is InChI=1S/C21H23N5O3/c1-28-20-11-16-17(25-15-3-2-14-13-24-26-18(14)10-15)4-5-23-19(16)12-21(20)29-9-7-22-6-8-27/h2-5,10-13,22,27H,6-9H2,1H3,(H,23,25)(H,24,26). The van der Waals surface area contributed by atoms with Gasteiger partial charge in [-0.15, -0.1) is 0 Å². The topological polar surface area (TPSA) is 104 Å². The molecule has 2 aromatic carbocycles. The van der Waals surface area contributed by atoms with Gasteiger partial charge in [-0.25, -0.2) is 0 Å². The van der Waals surface area contributed by atoms with Crippen LogP contribution >= 0.6 is 0 Å². The smallest absolute Gasteiger partial charge is 0.163 e. The van der Waals surface area contributed by atoms with E-state index in [9.17, 15) is 0 Å². The molecule has 4 N–H and O–H groups in total. The largest absolute Gasteiger partial charge is 0.493 e. The van der Waals surface area contributed by atoms with Crippen LogP contribution in [0.2, 0.25) is 0 Å². The van der Waals surface area contributed by atoms with Gasteiger partial charge >= 0.3 is 0 Å². The van der Waals surface area contributed by atoms with Crippen molar-refractivity contribution in [3.63, 3.8) is 0 Å². The number of methoxy groups -OCH3 is 1. The van der Waals surface area contributed by atoms with Gasteiger partial charge in [0.2, 0.25) is 0 Å². The highest BCUT2D eigenvalue weighted by Gasteiger charge is 2.11. The predicted molar refractivity (Wildman–Crippen MR) is 113 cm³/mol. The van der Waals surface area contributed by atoms with E-state index in [1.54, 1.807) is 19.5 Å². The minimum absolute atomic E-state index is 0.103. The van der Waals surface area contributed by atoms with Crippen LogP contribution in [0, 0.1) is 0 Å². The van der Waals surface area contributed by atoms with Crippen LogP contribution in [0.4, 0.5) is 11.4 Å². The number of H-pyrrole nitrogens is 1. The Morgan fingerprint density at radius 3 is 2.90 bits per heavy atom. The number of anilines is 2. The number of pyridine rings is 1. The van der Waals surface area contributed by atoms with Crippen LogP contribution in [-0.4, -0.2) is 53.7 Å². The number of fused-ring (bicyclic) bond motifs is 2. The SMILES string of the molecule is COc1cc2c(Nc3ccc4cn[nH]c4c3)ccnc2cc1OCCNCCO. The summed E-state index contributed by atoms with van der Waals surface area (Å²) < 4.78 is 11.4. The molecule has 0 aliphatic carbocycles. The Hall–Kier alpha value is -3.36. The maximum atomic E-state index is 8.81. The second kappa shape index (κ2) is 8.76. The van der Waals surface area contributed by atoms with Crippen molar-refractivity contribution in [2.45, 2.75) is 0 Å². The molecular formula is C21H23N5O3. The summed E-state index contributed by atoms with van der Waals surface area (Å²) in [7, 11) is 1.62. The highest BCUT2D eigenvalue weighted by molar-refractivity contribution is 5.95. The number of aromatic amines is 1. The second-order valence-corrected chi connectivity index (χ2v) is 6.50. The van der Waals surface area contributed by atoms with Gasteiger partial charge in [-0.3, -0.25) is 10.1 Å². The lowest BCUT2D eigenvalue weighted by Gasteiger charge is -2.14. The number of nitrogens with one attached hydrogen (secondary N) is 3. The molecule has 0 bridgehead atoms. The summed E-state index contributed by atoms with van der Waals surface area (Å²) in [6, 6.07) is 11.8. The molecule has 4 aromatic rings. The Bertz CT molecular complexity index is 1110. The van der Waals surface area contributed by atoms with Crippen molar-refractivity contribution in [3.05, 3.63) is 48.8 Å². The Labute approximate surface area is 167 Å². The molecule has 0 unspecified atom stereocenters. The van der Waals surface area contributed by atoms with Gasteiger partial charge in [0.25, 0.3) is 0 Å². The van der Waals surface area contributed by atoms with Gasteiger partial charge < -0.3 is 25.2 Å². The molecule has 0 aliphatic heterocycles. The van der Waals surface area contributed by atoms with Crippen LogP contribution < -0.4 is 20.1 Å². The molecule has 2 heterocycles. The van der Waals surface area contributed by atoms with Crippen molar-refractivity contribution >= 4 is 33.2 Å². The van der Waals surface area contributed by atoms with Gasteiger partial charge in [-0.1, -0.05) is 0 Å². The maximum Gasteiger partial charge on any atom is 0.163 e. The molecule has 2 aromatic heterocycles. The van der Waals surface area contributed by atoms with Crippen molar-refractivity contribution < 1.29 is 14.6 Å². The third kappa shape index (κ3) is 4.23. The fourth-order valence-corrected chi connectivity index (χ4v) is 3.14. The lowest BCUT2D eigenvalue weighted by atomic mass is 10.1. The summed E-state index contributed by atoms with van der Waals surface area (Å²) in [5, 5.41) is 24.4. The van der Waals surface area contributed by atoms with E-state index in [-0.39, 0.29) is 6.61 Å². The van der Waals surface area contributed by atoms with Crippen molar-refractivity contribution in [2.75, 3.05) is 38.7 Å². The molecule has 0 spiro atoms. The monoisotopic (exact) mass is 393 g/mol. The third-order valence-electron chi connectivity index (χ3n) is 4.57. The maximum absolute atomic E-state index is 8.81. The predicted octanol–water partition coefficient (Wildman–Crippen LogP) is 2.82. The minimum Gasteiger partial charge on any atom is -0.493 e. The van der Waals surface area contributed by atoms with Crippen LogP contribution in [0.3, 0.4) is 0 Å². The number of benzene rings is 2. The number of ether oxygens (including phenoxy) is 2. The fourth-order valence-electron chi connectivity index (χ4n) is 3.14. The molecule has 0 aliphatic rings. The molecule has 0 fully saturated rings. The molecule has 0 saturated heterocycles. The Morgan fingerprint density at radius 2 is 2.03 bits per heavy atom. The van der Waals surface area contributed by atoms with Crippen molar-refractivity contribution in [2.24, 2.45) is 0 Å². The number of aliphatic hydroxyl groups is 1. The zero-order chi connectivity index (χ0) is 20.1. The number of aromatic nitrogens is 3. The quantitative estimate of drug-likeness (QED) is 0.324. The molecular weight excluding hydrogens is 370 g/mol. The van der Waals surface area contributed by atoms with Crippen LogP contribution in [-0.2, 0) is 0 Å². The number of aliphatic hydroxyl groups excluding tert-OH is 1. The van der Waals surface area contributed by atoms with E-state index in [1.807, 2.05) is 36.4 Å². The van der Waals surface area contributed by atoms with Crippen LogP contribution in [0.15, 0.2) is 48.8 Å². The lowest BCUT2D eigenvalue weighted by Crippen LogP contribution is -2.24. The molecule has 4 rings (SSSR count). The molecule has 29 heavy (non-hydrogen) atoms. The first-order valence-electron chi connectivity index (χ1n) is 9.40. The van der Waals surface area contributed by atoms with Crippen molar-refractivity contribution in [1.29, 1.82) is 0 Å². The summed E-state index contributed by atoms with van der Waals surface area (Å²) in [4.78, 5) is 4.48. The first-order chi connectivity index (χ1) is 14.3. The molecule has 8 nitrogen and oxygen atoms in total. The van der Waals surface area contributed by atoms with E-state index >= 15 is 0 Å². The molecule has 0 radical (unpaired) electrons.